The van der Waals surface area contributed by atoms with Crippen LogP contribution in [0, 0.1) is 11.7 Å². The Bertz CT molecular complexity index is 1430. The number of alkyl carbamates (subject to hydrolysis) is 1. The molecule has 2 bridgehead atoms. The third kappa shape index (κ3) is 8.21. The molecule has 7 atom stereocenters. The predicted octanol–water partition coefficient (Wildman–Crippen LogP) is 4.17. The van der Waals surface area contributed by atoms with Gasteiger partial charge in [0.05, 0.1) is 25.1 Å². The smallest absolute Gasteiger partial charge is 0.407 e. The number of amides is 2. The predicted molar refractivity (Wildman–Crippen MR) is 170 cm³/mol. The van der Waals surface area contributed by atoms with Gasteiger partial charge >= 0.3 is 6.09 Å². The van der Waals surface area contributed by atoms with Crippen molar-refractivity contribution in [2.24, 2.45) is 5.92 Å². The lowest BCUT2D eigenvalue weighted by Crippen LogP contribution is -2.57. The number of hydrogen-bond acceptors (Lipinski definition) is 7. The van der Waals surface area contributed by atoms with Gasteiger partial charge in [0, 0.05) is 36.8 Å². The molecular formula is C33H45FN4O6S. The number of hydrogen-bond donors (Lipinski definition) is 3. The summed E-state index contributed by atoms with van der Waals surface area (Å²) in [5.41, 5.74) is 2.18. The Hall–Kier alpha value is -3.06. The molecular weight excluding hydrogens is 599 g/mol. The number of methoxy groups -OCH3 is 1. The summed E-state index contributed by atoms with van der Waals surface area (Å²) in [6.07, 6.45) is 3.11. The molecule has 2 amide bonds. The van der Waals surface area contributed by atoms with E-state index >= 15 is 0 Å². The maximum atomic E-state index is 14.2. The Balaban J connectivity index is 1.39. The number of nitrogens with one attached hydrogen (secondary N) is 3. The van der Waals surface area contributed by atoms with Crippen molar-refractivity contribution in [1.29, 1.82) is 0 Å². The van der Waals surface area contributed by atoms with E-state index in [1.54, 1.807) is 16.4 Å². The Morgan fingerprint density at radius 3 is 2.53 bits per heavy atom. The van der Waals surface area contributed by atoms with Crippen molar-refractivity contribution in [1.82, 2.24) is 14.9 Å². The number of anilines is 1. The third-order valence-corrected chi connectivity index (χ3v) is 11.3. The average molecular weight is 645 g/mol. The van der Waals surface area contributed by atoms with E-state index in [-0.39, 0.29) is 36.0 Å². The van der Waals surface area contributed by atoms with E-state index in [1.165, 1.54) is 19.2 Å². The van der Waals surface area contributed by atoms with Crippen LogP contribution in [-0.4, -0.2) is 81.0 Å². The Morgan fingerprint density at radius 2 is 1.82 bits per heavy atom. The number of piperazine rings is 1. The third-order valence-electron chi connectivity index (χ3n) is 9.38. The normalized spacial score (nSPS) is 29.1. The first-order valence-electron chi connectivity index (χ1n) is 15.9. The quantitative estimate of drug-likeness (QED) is 0.374. The summed E-state index contributed by atoms with van der Waals surface area (Å²) in [6.45, 7) is 5.05. The van der Waals surface area contributed by atoms with Gasteiger partial charge in [-0.1, -0.05) is 30.3 Å². The molecule has 3 N–H and O–H groups in total. The Morgan fingerprint density at radius 1 is 1.11 bits per heavy atom. The van der Waals surface area contributed by atoms with Crippen LogP contribution in [0.3, 0.4) is 0 Å². The van der Waals surface area contributed by atoms with Crippen LogP contribution in [0.2, 0.25) is 0 Å². The molecule has 1 unspecified atom stereocenters. The number of carbonyl (C=O) groups is 2. The van der Waals surface area contributed by atoms with Crippen molar-refractivity contribution in [2.75, 3.05) is 31.3 Å². The van der Waals surface area contributed by atoms with Gasteiger partial charge in [0.1, 0.15) is 11.9 Å². The lowest BCUT2D eigenvalue weighted by molar-refractivity contribution is -0.120. The zero-order valence-electron chi connectivity index (χ0n) is 26.2. The summed E-state index contributed by atoms with van der Waals surface area (Å²) in [4.78, 5) is 26.8. The van der Waals surface area contributed by atoms with Crippen LogP contribution >= 0.6 is 0 Å². The number of aryl methyl sites for hydroxylation is 1. The van der Waals surface area contributed by atoms with E-state index in [0.717, 1.165) is 17.5 Å². The van der Waals surface area contributed by atoms with Crippen molar-refractivity contribution in [3.8, 4) is 0 Å². The molecule has 0 aliphatic carbocycles. The second-order valence-corrected chi connectivity index (χ2v) is 14.7. The largest absolute Gasteiger partial charge is 0.453 e. The highest BCUT2D eigenvalue weighted by Gasteiger charge is 2.41. The molecule has 0 aromatic heterocycles. The molecule has 3 saturated heterocycles. The first-order valence-corrected chi connectivity index (χ1v) is 17.5. The van der Waals surface area contributed by atoms with Crippen LogP contribution in [-0.2, 0) is 30.7 Å². The number of benzene rings is 2. The first kappa shape index (κ1) is 33.3. The van der Waals surface area contributed by atoms with Crippen molar-refractivity contribution >= 4 is 27.7 Å². The van der Waals surface area contributed by atoms with Gasteiger partial charge in [0.15, 0.2) is 0 Å². The van der Waals surface area contributed by atoms with Crippen LogP contribution in [0.1, 0.15) is 63.0 Å². The minimum absolute atomic E-state index is 0.0458. The Labute approximate surface area is 265 Å². The molecule has 3 aliphatic heterocycles. The molecule has 246 valence electrons. The van der Waals surface area contributed by atoms with Gasteiger partial charge < -0.3 is 25.4 Å². The number of nitrogens with zero attached hydrogens (tertiary/aromatic N) is 1. The lowest BCUT2D eigenvalue weighted by atomic mass is 9.74. The molecule has 10 nitrogen and oxygen atoms in total. The molecule has 2 aromatic rings. The number of rotatable bonds is 9. The highest BCUT2D eigenvalue weighted by atomic mass is 32.2. The molecule has 2 aromatic carbocycles. The molecule has 3 heterocycles. The average Bonchev–Trinajstić information content (AvgIpc) is 3.12. The number of ether oxygens (including phenoxy) is 2. The van der Waals surface area contributed by atoms with E-state index < -0.39 is 39.8 Å². The fourth-order valence-electron chi connectivity index (χ4n) is 7.31. The topological polar surface area (TPSA) is 126 Å². The zero-order valence-corrected chi connectivity index (χ0v) is 27.0. The monoisotopic (exact) mass is 644 g/mol. The summed E-state index contributed by atoms with van der Waals surface area (Å²) in [5, 5.41) is 9.35. The number of para-hydroxylation sites is 1. The summed E-state index contributed by atoms with van der Waals surface area (Å²) in [6, 6.07) is 12.5. The maximum absolute atomic E-state index is 14.2. The standard InChI is InChI=1S/C33H45FN4O6S/c1-21-17-25(18-22(2)44-21)30(24-10-13-26(34)14-11-24)31(37-33(40)43-3)32(39)36-29-9-5-4-7-23(29)12-15-28-19-35-27-8-6-16-45(41,42)38(28)20-27/h4-5,7,9-11,13-14,21-22,25,27-28,30-31,35H,6,8,12,15-20H2,1-3H3,(H,36,39)(H,37,40)/t21-,22-,27-,28+,30+,31+/m1/s1. The van der Waals surface area contributed by atoms with Gasteiger partial charge in [-0.3, -0.25) is 4.79 Å². The SMILES string of the molecule is COC(=O)N[C@H](C(=O)Nc1ccccc1CC[C@H]1CN[C@@H]2CCCS(=O)(=O)N1C2)[C@@H](c1ccc(F)cc1)C1C[C@@H](C)O[C@H](C)C1. The molecule has 0 radical (unpaired) electrons. The molecule has 5 rings (SSSR count). The molecule has 0 spiro atoms. The fourth-order valence-corrected chi connectivity index (χ4v) is 9.12. The number of sulfonamides is 1. The van der Waals surface area contributed by atoms with E-state index in [4.69, 9.17) is 9.47 Å². The summed E-state index contributed by atoms with van der Waals surface area (Å²) in [7, 11) is -2.07. The molecule has 0 saturated carbocycles. The van der Waals surface area contributed by atoms with Gasteiger partial charge in [0.2, 0.25) is 15.9 Å². The number of fused-ring (bicyclic) bond motifs is 2. The fraction of sp³-hybridized carbons (Fsp3) is 0.576. The zero-order chi connectivity index (χ0) is 32.1. The molecule has 45 heavy (non-hydrogen) atoms. The van der Waals surface area contributed by atoms with E-state index in [9.17, 15) is 22.4 Å². The van der Waals surface area contributed by atoms with Crippen molar-refractivity contribution in [3.63, 3.8) is 0 Å². The van der Waals surface area contributed by atoms with Gasteiger partial charge in [-0.2, -0.15) is 4.31 Å². The lowest BCUT2D eigenvalue weighted by Gasteiger charge is -2.40. The van der Waals surface area contributed by atoms with Gasteiger partial charge in [-0.15, -0.1) is 0 Å². The van der Waals surface area contributed by atoms with Gasteiger partial charge in [-0.05, 0) is 87.6 Å². The minimum Gasteiger partial charge on any atom is -0.453 e. The second-order valence-electron chi connectivity index (χ2n) is 12.7. The van der Waals surface area contributed by atoms with Crippen LogP contribution in [0.4, 0.5) is 14.9 Å². The van der Waals surface area contributed by atoms with Crippen LogP contribution < -0.4 is 16.0 Å². The molecule has 3 fully saturated rings. The Kier molecular flexibility index (Phi) is 10.8. The molecule has 12 heteroatoms. The summed E-state index contributed by atoms with van der Waals surface area (Å²) < 4.78 is 52.5. The number of carbonyl (C=O) groups excluding carboxylic acids is 2. The van der Waals surface area contributed by atoms with Crippen molar-refractivity contribution in [3.05, 3.63) is 65.5 Å². The first-order chi connectivity index (χ1) is 21.5. The summed E-state index contributed by atoms with van der Waals surface area (Å²) >= 11 is 0. The van der Waals surface area contributed by atoms with Gasteiger partial charge in [0.25, 0.3) is 0 Å². The highest BCUT2D eigenvalue weighted by Crippen LogP contribution is 2.39. The minimum atomic E-state index is -3.32. The van der Waals surface area contributed by atoms with Gasteiger partial charge in [-0.25, -0.2) is 17.6 Å². The van der Waals surface area contributed by atoms with Crippen molar-refractivity contribution in [2.45, 2.75) is 88.6 Å². The second kappa shape index (κ2) is 14.6. The van der Waals surface area contributed by atoms with E-state index in [2.05, 4.69) is 16.0 Å². The summed E-state index contributed by atoms with van der Waals surface area (Å²) in [5.74, 6) is -1.18. The van der Waals surface area contributed by atoms with Crippen LogP contribution in [0.15, 0.2) is 48.5 Å². The van der Waals surface area contributed by atoms with Crippen molar-refractivity contribution < 1.29 is 31.9 Å². The number of halogens is 1. The van der Waals surface area contributed by atoms with E-state index in [1.807, 2.05) is 38.1 Å². The van der Waals surface area contributed by atoms with Crippen LogP contribution in [0.5, 0.6) is 0 Å². The van der Waals surface area contributed by atoms with E-state index in [0.29, 0.717) is 50.9 Å². The maximum Gasteiger partial charge on any atom is 0.407 e. The van der Waals surface area contributed by atoms with Crippen LogP contribution in [0.25, 0.3) is 0 Å². The molecule has 3 aliphatic rings. The highest BCUT2D eigenvalue weighted by molar-refractivity contribution is 7.89.